The highest BCUT2D eigenvalue weighted by molar-refractivity contribution is 7.98. The highest BCUT2D eigenvalue weighted by atomic mass is 32.2. The van der Waals surface area contributed by atoms with E-state index < -0.39 is 16.1 Å². The quantitative estimate of drug-likeness (QED) is 0.533. The van der Waals surface area contributed by atoms with Gasteiger partial charge in [0.25, 0.3) is 0 Å². The molecule has 164 valence electrons. The van der Waals surface area contributed by atoms with Crippen LogP contribution in [0.3, 0.4) is 0 Å². The molecule has 0 aromatic heterocycles. The molecule has 0 heterocycles. The van der Waals surface area contributed by atoms with E-state index in [1.807, 2.05) is 18.4 Å². The van der Waals surface area contributed by atoms with E-state index in [0.29, 0.717) is 17.2 Å². The number of amides is 1. The molecule has 0 saturated heterocycles. The number of para-hydroxylation sites is 2. The summed E-state index contributed by atoms with van der Waals surface area (Å²) < 4.78 is 39.2. The molecule has 2 aromatic rings. The summed E-state index contributed by atoms with van der Waals surface area (Å²) in [5, 5.41) is 2.80. The van der Waals surface area contributed by atoms with E-state index >= 15 is 0 Å². The van der Waals surface area contributed by atoms with Crippen LogP contribution in [0.25, 0.3) is 0 Å². The van der Waals surface area contributed by atoms with Crippen molar-refractivity contribution in [3.63, 3.8) is 0 Å². The second kappa shape index (κ2) is 10.7. The zero-order valence-electron chi connectivity index (χ0n) is 17.8. The van der Waals surface area contributed by atoms with E-state index in [1.54, 1.807) is 46.1 Å². The van der Waals surface area contributed by atoms with Gasteiger partial charge in [0.05, 0.1) is 23.7 Å². The number of benzene rings is 2. The molecule has 30 heavy (non-hydrogen) atoms. The Labute approximate surface area is 182 Å². The highest BCUT2D eigenvalue weighted by Crippen LogP contribution is 2.29. The predicted octanol–water partition coefficient (Wildman–Crippen LogP) is 3.76. The summed E-state index contributed by atoms with van der Waals surface area (Å²) >= 11 is 1.43. The first-order valence-electron chi connectivity index (χ1n) is 9.45. The SMILES string of the molecule is COc1ccccc1OC[C@H](C)NS(=O)(=O)c1ccc(SC)c(NC(=O)C(C)C)c1. The van der Waals surface area contributed by atoms with Gasteiger partial charge in [0.15, 0.2) is 11.5 Å². The summed E-state index contributed by atoms with van der Waals surface area (Å²) in [4.78, 5) is 12.9. The fourth-order valence-corrected chi connectivity index (χ4v) is 4.34. The molecule has 2 aromatic carbocycles. The Morgan fingerprint density at radius 3 is 2.37 bits per heavy atom. The molecule has 0 aliphatic heterocycles. The second-order valence-electron chi connectivity index (χ2n) is 6.99. The third-order valence-electron chi connectivity index (χ3n) is 4.18. The molecule has 0 fully saturated rings. The lowest BCUT2D eigenvalue weighted by molar-refractivity contribution is -0.118. The van der Waals surface area contributed by atoms with Crippen LogP contribution in [0.5, 0.6) is 11.5 Å². The molecule has 0 aliphatic rings. The Bertz CT molecular complexity index is 977. The zero-order chi connectivity index (χ0) is 22.3. The third kappa shape index (κ3) is 6.38. The molecule has 7 nitrogen and oxygen atoms in total. The van der Waals surface area contributed by atoms with Gasteiger partial charge in [-0.25, -0.2) is 13.1 Å². The number of methoxy groups -OCH3 is 1. The second-order valence-corrected chi connectivity index (χ2v) is 9.55. The van der Waals surface area contributed by atoms with Crippen molar-refractivity contribution < 1.29 is 22.7 Å². The molecule has 2 N–H and O–H groups in total. The Balaban J connectivity index is 2.13. The molecule has 0 aliphatic carbocycles. The maximum Gasteiger partial charge on any atom is 0.241 e. The fourth-order valence-electron chi connectivity index (χ4n) is 2.55. The van der Waals surface area contributed by atoms with E-state index in [-0.39, 0.29) is 23.3 Å². The predicted molar refractivity (Wildman–Crippen MR) is 120 cm³/mol. The van der Waals surface area contributed by atoms with Gasteiger partial charge in [0.2, 0.25) is 15.9 Å². The van der Waals surface area contributed by atoms with Crippen molar-refractivity contribution in [2.45, 2.75) is 36.6 Å². The van der Waals surface area contributed by atoms with Gasteiger partial charge < -0.3 is 14.8 Å². The number of sulfonamides is 1. The van der Waals surface area contributed by atoms with Crippen LogP contribution in [0.1, 0.15) is 20.8 Å². The molecule has 9 heteroatoms. The van der Waals surface area contributed by atoms with Gasteiger partial charge in [-0.1, -0.05) is 26.0 Å². The minimum atomic E-state index is -3.80. The van der Waals surface area contributed by atoms with Gasteiger partial charge in [-0.15, -0.1) is 11.8 Å². The van der Waals surface area contributed by atoms with Gasteiger partial charge in [-0.2, -0.15) is 0 Å². The molecule has 2 rings (SSSR count). The van der Waals surface area contributed by atoms with Crippen molar-refractivity contribution in [2.75, 3.05) is 25.3 Å². The van der Waals surface area contributed by atoms with Crippen LogP contribution in [0, 0.1) is 5.92 Å². The minimum Gasteiger partial charge on any atom is -0.493 e. The van der Waals surface area contributed by atoms with Crippen molar-refractivity contribution in [1.82, 2.24) is 4.72 Å². The van der Waals surface area contributed by atoms with Gasteiger partial charge in [-0.05, 0) is 43.5 Å². The Morgan fingerprint density at radius 2 is 1.77 bits per heavy atom. The molecule has 1 amide bonds. The molecule has 0 radical (unpaired) electrons. The maximum absolute atomic E-state index is 12.8. The Kier molecular flexibility index (Phi) is 8.57. The van der Waals surface area contributed by atoms with E-state index in [4.69, 9.17) is 9.47 Å². The van der Waals surface area contributed by atoms with E-state index in [0.717, 1.165) is 4.90 Å². The largest absolute Gasteiger partial charge is 0.493 e. The number of nitrogens with one attached hydrogen (secondary N) is 2. The molecule has 0 saturated carbocycles. The smallest absolute Gasteiger partial charge is 0.241 e. The highest BCUT2D eigenvalue weighted by Gasteiger charge is 2.20. The average molecular weight is 453 g/mol. The Morgan fingerprint density at radius 1 is 1.10 bits per heavy atom. The van der Waals surface area contributed by atoms with Gasteiger partial charge in [-0.3, -0.25) is 4.79 Å². The fraction of sp³-hybridized carbons (Fsp3) is 0.381. The Hall–Kier alpha value is -2.23. The van der Waals surface area contributed by atoms with Crippen LogP contribution in [-0.4, -0.2) is 40.3 Å². The van der Waals surface area contributed by atoms with Gasteiger partial charge in [0, 0.05) is 10.8 Å². The lowest BCUT2D eigenvalue weighted by Crippen LogP contribution is -2.36. The summed E-state index contributed by atoms with van der Waals surface area (Å²) in [6.45, 7) is 5.39. The molecule has 0 unspecified atom stereocenters. The summed E-state index contributed by atoms with van der Waals surface area (Å²) in [6.07, 6.45) is 1.87. The molecular weight excluding hydrogens is 424 g/mol. The molecular formula is C21H28N2O5S2. The summed E-state index contributed by atoms with van der Waals surface area (Å²) in [5.41, 5.74) is 0.474. The first kappa shape index (κ1) is 24.0. The number of anilines is 1. The number of hydrogen-bond acceptors (Lipinski definition) is 6. The van der Waals surface area contributed by atoms with Crippen molar-refractivity contribution in [1.29, 1.82) is 0 Å². The lowest BCUT2D eigenvalue weighted by Gasteiger charge is -2.18. The van der Waals surface area contributed by atoms with Crippen LogP contribution >= 0.6 is 11.8 Å². The number of ether oxygens (including phenoxy) is 2. The number of hydrogen-bond donors (Lipinski definition) is 2. The van der Waals surface area contributed by atoms with Gasteiger partial charge >= 0.3 is 0 Å². The topological polar surface area (TPSA) is 93.7 Å². The zero-order valence-corrected chi connectivity index (χ0v) is 19.4. The van der Waals surface area contributed by atoms with Gasteiger partial charge in [0.1, 0.15) is 6.61 Å². The van der Waals surface area contributed by atoms with Crippen LogP contribution in [0.2, 0.25) is 0 Å². The minimum absolute atomic E-state index is 0.0727. The first-order chi connectivity index (χ1) is 14.2. The average Bonchev–Trinajstić information content (AvgIpc) is 2.71. The number of thioether (sulfide) groups is 1. The summed E-state index contributed by atoms with van der Waals surface area (Å²) in [6, 6.07) is 11.3. The summed E-state index contributed by atoms with van der Waals surface area (Å²) in [7, 11) is -2.26. The van der Waals surface area contributed by atoms with E-state index in [9.17, 15) is 13.2 Å². The normalized spacial score (nSPS) is 12.5. The van der Waals surface area contributed by atoms with E-state index in [1.165, 1.54) is 23.9 Å². The van der Waals surface area contributed by atoms with Crippen molar-refractivity contribution in [2.24, 2.45) is 5.92 Å². The monoisotopic (exact) mass is 452 g/mol. The maximum atomic E-state index is 12.8. The van der Waals surface area contributed by atoms with E-state index in [2.05, 4.69) is 10.0 Å². The molecule has 1 atom stereocenters. The van der Waals surface area contributed by atoms with Crippen LogP contribution < -0.4 is 19.5 Å². The summed E-state index contributed by atoms with van der Waals surface area (Å²) in [5.74, 6) is 0.719. The number of carbonyl (C=O) groups excluding carboxylic acids is 1. The van der Waals surface area contributed by atoms with Crippen LogP contribution in [-0.2, 0) is 14.8 Å². The standard InChI is InChI=1S/C21H28N2O5S2/c1-14(2)21(24)22-17-12-16(10-11-20(17)29-5)30(25,26)23-15(3)13-28-19-9-7-6-8-18(19)27-4/h6-12,14-15,23H,13H2,1-5H3,(H,22,24)/t15-/m0/s1. The van der Waals surface area contributed by atoms with Crippen LogP contribution in [0.15, 0.2) is 52.3 Å². The van der Waals surface area contributed by atoms with Crippen molar-refractivity contribution in [3.8, 4) is 11.5 Å². The molecule has 0 bridgehead atoms. The number of carbonyl (C=O) groups is 1. The van der Waals surface area contributed by atoms with Crippen molar-refractivity contribution in [3.05, 3.63) is 42.5 Å². The lowest BCUT2D eigenvalue weighted by atomic mass is 10.2. The third-order valence-corrected chi connectivity index (χ3v) is 6.56. The molecule has 0 spiro atoms. The number of rotatable bonds is 10. The van der Waals surface area contributed by atoms with Crippen LogP contribution in [0.4, 0.5) is 5.69 Å². The first-order valence-corrected chi connectivity index (χ1v) is 12.2. The van der Waals surface area contributed by atoms with Crippen molar-refractivity contribution >= 4 is 33.4 Å².